The number of amides is 1. The number of piperidine rings is 1. The number of halogens is 1. The van der Waals surface area contributed by atoms with Crippen LogP contribution in [0.3, 0.4) is 0 Å². The van der Waals surface area contributed by atoms with Crippen LogP contribution in [0.1, 0.15) is 19.8 Å². The van der Waals surface area contributed by atoms with E-state index in [-0.39, 0.29) is 17.3 Å². The molecule has 144 valence electrons. The van der Waals surface area contributed by atoms with Gasteiger partial charge in [-0.1, -0.05) is 25.1 Å². The van der Waals surface area contributed by atoms with Crippen LogP contribution >= 0.6 is 0 Å². The number of anilines is 1. The first-order valence-electron chi connectivity index (χ1n) is 8.99. The maximum absolute atomic E-state index is 13.2. The fourth-order valence-corrected chi connectivity index (χ4v) is 4.70. The minimum Gasteiger partial charge on any atom is -0.341 e. The number of benzene rings is 2. The van der Waals surface area contributed by atoms with Gasteiger partial charge in [0, 0.05) is 13.1 Å². The van der Waals surface area contributed by atoms with Crippen molar-refractivity contribution in [2.75, 3.05) is 23.9 Å². The summed E-state index contributed by atoms with van der Waals surface area (Å²) < 4.78 is 40.6. The highest BCUT2D eigenvalue weighted by molar-refractivity contribution is 7.92. The minimum absolute atomic E-state index is 0.0486. The molecule has 0 saturated carbocycles. The Labute approximate surface area is 159 Å². The molecule has 0 spiro atoms. The van der Waals surface area contributed by atoms with Crippen LogP contribution in [0.25, 0.3) is 0 Å². The molecule has 1 fully saturated rings. The molecule has 5 nitrogen and oxygen atoms in total. The number of carbonyl (C=O) groups is 1. The molecule has 2 aromatic carbocycles. The van der Waals surface area contributed by atoms with Gasteiger partial charge in [-0.25, -0.2) is 12.8 Å². The number of carbonyl (C=O) groups excluding carboxylic acids is 1. The number of likely N-dealkylation sites (tertiary alicyclic amines) is 1. The lowest BCUT2D eigenvalue weighted by molar-refractivity contribution is -0.131. The zero-order valence-corrected chi connectivity index (χ0v) is 16.0. The van der Waals surface area contributed by atoms with Gasteiger partial charge in [-0.2, -0.15) is 0 Å². The third kappa shape index (κ3) is 4.47. The number of hydrogen-bond donors (Lipinski definition) is 0. The fraction of sp³-hybridized carbons (Fsp3) is 0.350. The van der Waals surface area contributed by atoms with Crippen molar-refractivity contribution >= 4 is 21.6 Å². The predicted molar refractivity (Wildman–Crippen MR) is 102 cm³/mol. The normalized spacial score (nSPS) is 17.6. The second kappa shape index (κ2) is 8.08. The Morgan fingerprint density at radius 2 is 1.81 bits per heavy atom. The van der Waals surface area contributed by atoms with Crippen molar-refractivity contribution < 1.29 is 17.6 Å². The molecule has 1 amide bonds. The standard InChI is InChI=1S/C20H23FN2O3S/c1-16-6-5-13-22(14-16)20(24)15-23(18-7-3-2-4-8-18)27(25,26)19-11-9-17(21)10-12-19/h2-4,7-12,16H,5-6,13-15H2,1H3/t16-/m1/s1. The highest BCUT2D eigenvalue weighted by Gasteiger charge is 2.30. The first-order valence-corrected chi connectivity index (χ1v) is 10.4. The Bertz CT molecular complexity index is 885. The zero-order chi connectivity index (χ0) is 19.4. The second-order valence-corrected chi connectivity index (χ2v) is 8.75. The third-order valence-electron chi connectivity index (χ3n) is 4.73. The van der Waals surface area contributed by atoms with E-state index in [1.54, 1.807) is 35.2 Å². The molecule has 0 N–H and O–H groups in total. The van der Waals surface area contributed by atoms with Crippen LogP contribution in [-0.2, 0) is 14.8 Å². The summed E-state index contributed by atoms with van der Waals surface area (Å²) in [5.74, 6) is -0.337. The van der Waals surface area contributed by atoms with Crippen LogP contribution in [0.4, 0.5) is 10.1 Å². The molecule has 27 heavy (non-hydrogen) atoms. The molecule has 0 unspecified atom stereocenters. The van der Waals surface area contributed by atoms with Crippen LogP contribution < -0.4 is 4.31 Å². The minimum atomic E-state index is -4.00. The molecule has 1 atom stereocenters. The first kappa shape index (κ1) is 19.4. The fourth-order valence-electron chi connectivity index (χ4n) is 3.28. The summed E-state index contributed by atoms with van der Waals surface area (Å²) in [6, 6.07) is 13.1. The maximum Gasteiger partial charge on any atom is 0.264 e. The van der Waals surface area contributed by atoms with E-state index in [9.17, 15) is 17.6 Å². The Hall–Kier alpha value is -2.41. The average molecular weight is 390 g/mol. The molecule has 3 rings (SSSR count). The van der Waals surface area contributed by atoms with Gasteiger partial charge in [-0.3, -0.25) is 9.10 Å². The van der Waals surface area contributed by atoms with Gasteiger partial charge in [-0.05, 0) is 55.2 Å². The van der Waals surface area contributed by atoms with Crippen molar-refractivity contribution in [3.05, 3.63) is 60.4 Å². The molecule has 0 bridgehead atoms. The monoisotopic (exact) mass is 390 g/mol. The molecule has 1 saturated heterocycles. The Morgan fingerprint density at radius 1 is 1.15 bits per heavy atom. The van der Waals surface area contributed by atoms with Gasteiger partial charge >= 0.3 is 0 Å². The summed E-state index contributed by atoms with van der Waals surface area (Å²) in [4.78, 5) is 14.5. The number of rotatable bonds is 5. The topological polar surface area (TPSA) is 57.7 Å². The van der Waals surface area contributed by atoms with Crippen LogP contribution in [-0.4, -0.2) is 38.9 Å². The summed E-state index contributed by atoms with van der Waals surface area (Å²) in [5.41, 5.74) is 0.403. The average Bonchev–Trinajstić information content (AvgIpc) is 2.67. The van der Waals surface area contributed by atoms with Gasteiger partial charge in [-0.15, -0.1) is 0 Å². The quantitative estimate of drug-likeness (QED) is 0.787. The molecule has 1 aliphatic heterocycles. The van der Waals surface area contributed by atoms with Gasteiger partial charge < -0.3 is 4.90 Å². The first-order chi connectivity index (χ1) is 12.9. The number of nitrogens with zero attached hydrogens (tertiary/aromatic N) is 2. The van der Waals surface area contributed by atoms with Gasteiger partial charge in [0.15, 0.2) is 0 Å². The van der Waals surface area contributed by atoms with E-state index in [2.05, 4.69) is 6.92 Å². The Morgan fingerprint density at radius 3 is 2.44 bits per heavy atom. The van der Waals surface area contributed by atoms with Crippen LogP contribution in [0.5, 0.6) is 0 Å². The highest BCUT2D eigenvalue weighted by Crippen LogP contribution is 2.24. The van der Waals surface area contributed by atoms with E-state index in [4.69, 9.17) is 0 Å². The van der Waals surface area contributed by atoms with Crippen molar-refractivity contribution in [2.24, 2.45) is 5.92 Å². The van der Waals surface area contributed by atoms with E-state index >= 15 is 0 Å². The van der Waals surface area contributed by atoms with Crippen molar-refractivity contribution in [2.45, 2.75) is 24.7 Å². The van der Waals surface area contributed by atoms with Gasteiger partial charge in [0.05, 0.1) is 10.6 Å². The third-order valence-corrected chi connectivity index (χ3v) is 6.52. The lowest BCUT2D eigenvalue weighted by Crippen LogP contribution is -2.46. The van der Waals surface area contributed by atoms with Crippen LogP contribution in [0, 0.1) is 11.7 Å². The summed E-state index contributed by atoms with van der Waals surface area (Å²) in [7, 11) is -4.00. The number of sulfonamides is 1. The molecule has 2 aromatic rings. The molecular formula is C20H23FN2O3S. The molecule has 0 aliphatic carbocycles. The molecule has 0 aromatic heterocycles. The lowest BCUT2D eigenvalue weighted by atomic mass is 10.0. The van der Waals surface area contributed by atoms with E-state index in [1.807, 2.05) is 0 Å². The highest BCUT2D eigenvalue weighted by atomic mass is 32.2. The zero-order valence-electron chi connectivity index (χ0n) is 15.2. The Kier molecular flexibility index (Phi) is 5.79. The van der Waals surface area contributed by atoms with Crippen molar-refractivity contribution in [1.29, 1.82) is 0 Å². The SMILES string of the molecule is C[C@@H]1CCCN(C(=O)CN(c2ccccc2)S(=O)(=O)c2ccc(F)cc2)C1. The largest absolute Gasteiger partial charge is 0.341 e. The van der Waals surface area contributed by atoms with Crippen LogP contribution in [0.15, 0.2) is 59.5 Å². The van der Waals surface area contributed by atoms with E-state index in [1.165, 1.54) is 12.1 Å². The number of hydrogen-bond acceptors (Lipinski definition) is 3. The molecular weight excluding hydrogens is 367 g/mol. The molecule has 7 heteroatoms. The van der Waals surface area contributed by atoms with Crippen molar-refractivity contribution in [1.82, 2.24) is 4.90 Å². The van der Waals surface area contributed by atoms with Gasteiger partial charge in [0.1, 0.15) is 12.4 Å². The summed E-state index contributed by atoms with van der Waals surface area (Å²) in [6.45, 7) is 3.08. The number of para-hydroxylation sites is 1. The van der Waals surface area contributed by atoms with E-state index < -0.39 is 15.8 Å². The molecule has 1 aliphatic rings. The second-order valence-electron chi connectivity index (χ2n) is 6.89. The summed E-state index contributed by atoms with van der Waals surface area (Å²) in [5, 5.41) is 0. The summed E-state index contributed by atoms with van der Waals surface area (Å²) >= 11 is 0. The maximum atomic E-state index is 13.2. The van der Waals surface area contributed by atoms with Gasteiger partial charge in [0.2, 0.25) is 5.91 Å². The van der Waals surface area contributed by atoms with Crippen molar-refractivity contribution in [3.8, 4) is 0 Å². The van der Waals surface area contributed by atoms with Crippen molar-refractivity contribution in [3.63, 3.8) is 0 Å². The molecule has 1 heterocycles. The molecule has 0 radical (unpaired) electrons. The van der Waals surface area contributed by atoms with Crippen LogP contribution in [0.2, 0.25) is 0 Å². The summed E-state index contributed by atoms with van der Waals surface area (Å²) in [6.07, 6.45) is 1.99. The predicted octanol–water partition coefficient (Wildman–Crippen LogP) is 3.28. The van der Waals surface area contributed by atoms with E-state index in [0.717, 1.165) is 29.3 Å². The Balaban J connectivity index is 1.92. The van der Waals surface area contributed by atoms with Gasteiger partial charge in [0.25, 0.3) is 10.0 Å². The smallest absolute Gasteiger partial charge is 0.264 e. The van der Waals surface area contributed by atoms with E-state index in [0.29, 0.717) is 24.7 Å². The lowest BCUT2D eigenvalue weighted by Gasteiger charge is -2.33.